The van der Waals surface area contributed by atoms with Crippen molar-refractivity contribution in [3.8, 4) is 0 Å². The van der Waals surface area contributed by atoms with Crippen LogP contribution in [-0.4, -0.2) is 20.9 Å². The highest BCUT2D eigenvalue weighted by atomic mass is 32.2. The third kappa shape index (κ3) is 3.80. The predicted molar refractivity (Wildman–Crippen MR) is 115 cm³/mol. The Hall–Kier alpha value is -3.19. The predicted octanol–water partition coefficient (Wildman–Crippen LogP) is 4.53. The molecule has 5 nitrogen and oxygen atoms in total. The molecule has 1 aliphatic rings. The van der Waals surface area contributed by atoms with Crippen molar-refractivity contribution in [2.24, 2.45) is 0 Å². The van der Waals surface area contributed by atoms with Crippen molar-refractivity contribution < 1.29 is 17.6 Å². The van der Waals surface area contributed by atoms with E-state index in [1.54, 1.807) is 25.1 Å². The number of carbonyl (C=O) groups is 1. The summed E-state index contributed by atoms with van der Waals surface area (Å²) in [7, 11) is -3.81. The lowest BCUT2D eigenvalue weighted by Gasteiger charge is -2.30. The number of benzene rings is 3. The number of hydrogen-bond donors (Lipinski definition) is 1. The van der Waals surface area contributed by atoms with Crippen molar-refractivity contribution in [2.45, 2.75) is 24.7 Å². The number of para-hydroxylation sites is 1. The summed E-state index contributed by atoms with van der Waals surface area (Å²) in [6.07, 6.45) is 1.57. The third-order valence-electron chi connectivity index (χ3n) is 5.19. The number of nitrogens with one attached hydrogen (secondary N) is 1. The van der Waals surface area contributed by atoms with Crippen LogP contribution in [0.25, 0.3) is 0 Å². The van der Waals surface area contributed by atoms with Gasteiger partial charge in [0.1, 0.15) is 5.82 Å². The van der Waals surface area contributed by atoms with Crippen LogP contribution in [0.15, 0.2) is 71.6 Å². The second kappa shape index (κ2) is 7.91. The van der Waals surface area contributed by atoms with Gasteiger partial charge >= 0.3 is 0 Å². The minimum Gasteiger partial charge on any atom is -0.322 e. The van der Waals surface area contributed by atoms with Crippen LogP contribution >= 0.6 is 0 Å². The lowest BCUT2D eigenvalue weighted by Crippen LogP contribution is -2.35. The largest absolute Gasteiger partial charge is 0.322 e. The average Bonchev–Trinajstić information content (AvgIpc) is 2.75. The van der Waals surface area contributed by atoms with Crippen molar-refractivity contribution in [1.82, 2.24) is 0 Å². The first-order chi connectivity index (χ1) is 14.4. The Morgan fingerprint density at radius 3 is 2.63 bits per heavy atom. The summed E-state index contributed by atoms with van der Waals surface area (Å²) in [6.45, 7) is 2.08. The zero-order valence-corrected chi connectivity index (χ0v) is 17.2. The number of carbonyl (C=O) groups excluding carboxylic acids is 1. The van der Waals surface area contributed by atoms with Crippen LogP contribution in [0.4, 0.5) is 15.8 Å². The minimum atomic E-state index is -3.81. The van der Waals surface area contributed by atoms with Gasteiger partial charge in [-0.1, -0.05) is 24.3 Å². The first kappa shape index (κ1) is 20.1. The summed E-state index contributed by atoms with van der Waals surface area (Å²) in [6, 6.07) is 17.5. The SMILES string of the molecule is Cc1cc(F)ccc1NC(=O)c1cccc(S(=O)(=O)N2CCCc3ccccc32)c1. The molecular formula is C23H21FN2O3S. The molecular weight excluding hydrogens is 403 g/mol. The van der Waals surface area contributed by atoms with Gasteiger partial charge in [-0.3, -0.25) is 9.10 Å². The molecule has 154 valence electrons. The van der Waals surface area contributed by atoms with E-state index in [-0.39, 0.29) is 16.3 Å². The molecule has 0 atom stereocenters. The summed E-state index contributed by atoms with van der Waals surface area (Å²) < 4.78 is 41.4. The van der Waals surface area contributed by atoms with E-state index in [0.29, 0.717) is 23.5 Å². The smallest absolute Gasteiger partial charge is 0.264 e. The van der Waals surface area contributed by atoms with E-state index >= 15 is 0 Å². The summed E-state index contributed by atoms with van der Waals surface area (Å²) in [5.74, 6) is -0.846. The number of anilines is 2. The van der Waals surface area contributed by atoms with Crippen molar-refractivity contribution in [2.75, 3.05) is 16.2 Å². The molecule has 30 heavy (non-hydrogen) atoms. The van der Waals surface area contributed by atoms with E-state index in [1.165, 1.54) is 34.6 Å². The Kier molecular flexibility index (Phi) is 5.30. The van der Waals surface area contributed by atoms with Crippen LogP contribution in [0.5, 0.6) is 0 Å². The lowest BCUT2D eigenvalue weighted by atomic mass is 10.0. The lowest BCUT2D eigenvalue weighted by molar-refractivity contribution is 0.102. The fraction of sp³-hybridized carbons (Fsp3) is 0.174. The number of amides is 1. The first-order valence-electron chi connectivity index (χ1n) is 9.64. The van der Waals surface area contributed by atoms with E-state index < -0.39 is 15.9 Å². The van der Waals surface area contributed by atoms with Crippen molar-refractivity contribution in [3.05, 3.63) is 89.2 Å². The van der Waals surface area contributed by atoms with Crippen LogP contribution in [0, 0.1) is 12.7 Å². The number of fused-ring (bicyclic) bond motifs is 1. The molecule has 0 saturated heterocycles. The normalized spacial score (nSPS) is 13.6. The van der Waals surface area contributed by atoms with E-state index in [9.17, 15) is 17.6 Å². The first-order valence-corrected chi connectivity index (χ1v) is 11.1. The van der Waals surface area contributed by atoms with Gasteiger partial charge in [-0.25, -0.2) is 12.8 Å². The number of halogens is 1. The minimum absolute atomic E-state index is 0.0580. The third-order valence-corrected chi connectivity index (χ3v) is 7.00. The molecule has 4 rings (SSSR count). The Bertz CT molecular complexity index is 1220. The number of sulfonamides is 1. The summed E-state index contributed by atoms with van der Waals surface area (Å²) in [5.41, 5.74) is 2.94. The maximum atomic E-state index is 13.3. The van der Waals surface area contributed by atoms with Gasteiger partial charge < -0.3 is 5.32 Å². The summed E-state index contributed by atoms with van der Waals surface area (Å²) >= 11 is 0. The quantitative estimate of drug-likeness (QED) is 0.669. The van der Waals surface area contributed by atoms with Crippen LogP contribution in [-0.2, 0) is 16.4 Å². The van der Waals surface area contributed by atoms with E-state index in [1.807, 2.05) is 18.2 Å². The van der Waals surface area contributed by atoms with Gasteiger partial charge in [0.25, 0.3) is 15.9 Å². The van der Waals surface area contributed by atoms with Crippen LogP contribution < -0.4 is 9.62 Å². The molecule has 0 unspecified atom stereocenters. The topological polar surface area (TPSA) is 66.5 Å². The van der Waals surface area contributed by atoms with Crippen molar-refractivity contribution >= 4 is 27.3 Å². The molecule has 7 heteroatoms. The van der Waals surface area contributed by atoms with E-state index in [4.69, 9.17) is 0 Å². The highest BCUT2D eigenvalue weighted by molar-refractivity contribution is 7.92. The van der Waals surface area contributed by atoms with E-state index in [2.05, 4.69) is 5.32 Å². The zero-order chi connectivity index (χ0) is 21.3. The highest BCUT2D eigenvalue weighted by Crippen LogP contribution is 2.32. The second-order valence-corrected chi connectivity index (χ2v) is 9.11. The highest BCUT2D eigenvalue weighted by Gasteiger charge is 2.29. The fourth-order valence-corrected chi connectivity index (χ4v) is 5.22. The Balaban J connectivity index is 1.64. The van der Waals surface area contributed by atoms with Gasteiger partial charge in [0.05, 0.1) is 10.6 Å². The standard InChI is InChI=1S/C23H21FN2O3S/c1-16-14-19(24)11-12-21(16)25-23(27)18-7-4-9-20(15-18)30(28,29)26-13-5-8-17-6-2-3-10-22(17)26/h2-4,6-7,9-12,14-15H,5,8,13H2,1H3,(H,25,27). The zero-order valence-electron chi connectivity index (χ0n) is 16.4. The molecule has 1 amide bonds. The molecule has 0 aliphatic carbocycles. The summed E-state index contributed by atoms with van der Waals surface area (Å²) in [4.78, 5) is 12.7. The van der Waals surface area contributed by atoms with Gasteiger partial charge in [-0.15, -0.1) is 0 Å². The van der Waals surface area contributed by atoms with Gasteiger partial charge in [0.2, 0.25) is 0 Å². The average molecular weight is 424 g/mol. The van der Waals surface area contributed by atoms with Crippen LogP contribution in [0.3, 0.4) is 0 Å². The number of hydrogen-bond acceptors (Lipinski definition) is 3. The van der Waals surface area contributed by atoms with Crippen LogP contribution in [0.2, 0.25) is 0 Å². The molecule has 3 aromatic rings. The van der Waals surface area contributed by atoms with Crippen molar-refractivity contribution in [1.29, 1.82) is 0 Å². The Labute approximate surface area is 175 Å². The maximum Gasteiger partial charge on any atom is 0.264 e. The molecule has 0 fully saturated rings. The van der Waals surface area contributed by atoms with E-state index in [0.717, 1.165) is 18.4 Å². The molecule has 1 N–H and O–H groups in total. The number of nitrogens with zero attached hydrogens (tertiary/aromatic N) is 1. The number of aryl methyl sites for hydroxylation is 2. The molecule has 1 heterocycles. The maximum absolute atomic E-state index is 13.3. The van der Waals surface area contributed by atoms with Crippen molar-refractivity contribution in [3.63, 3.8) is 0 Å². The molecule has 0 saturated carbocycles. The van der Waals surface area contributed by atoms with Gasteiger partial charge in [0.15, 0.2) is 0 Å². The number of rotatable bonds is 4. The van der Waals surface area contributed by atoms with Gasteiger partial charge in [-0.2, -0.15) is 0 Å². The molecule has 0 bridgehead atoms. The van der Waals surface area contributed by atoms with Gasteiger partial charge in [0, 0.05) is 17.8 Å². The molecule has 0 aromatic heterocycles. The second-order valence-electron chi connectivity index (χ2n) is 7.25. The van der Waals surface area contributed by atoms with Crippen LogP contribution in [0.1, 0.15) is 27.9 Å². The summed E-state index contributed by atoms with van der Waals surface area (Å²) in [5, 5.41) is 2.71. The molecule has 0 spiro atoms. The Morgan fingerprint density at radius 1 is 1.03 bits per heavy atom. The van der Waals surface area contributed by atoms with Gasteiger partial charge in [-0.05, 0) is 73.4 Å². The Morgan fingerprint density at radius 2 is 1.83 bits per heavy atom. The molecule has 1 aliphatic heterocycles. The fourth-order valence-electron chi connectivity index (χ4n) is 3.64. The monoisotopic (exact) mass is 424 g/mol. The molecule has 3 aromatic carbocycles. The molecule has 0 radical (unpaired) electrons.